The van der Waals surface area contributed by atoms with Crippen LogP contribution in [0.15, 0.2) is 12.2 Å². The van der Waals surface area contributed by atoms with E-state index in [1.165, 1.54) is 0 Å². The van der Waals surface area contributed by atoms with Crippen molar-refractivity contribution in [2.24, 2.45) is 29.6 Å². The van der Waals surface area contributed by atoms with E-state index in [4.69, 9.17) is 75.8 Å². The van der Waals surface area contributed by atoms with Crippen molar-refractivity contribution in [3.05, 3.63) is 12.2 Å². The van der Waals surface area contributed by atoms with E-state index in [0.29, 0.717) is 76.5 Å². The zero-order valence-corrected chi connectivity index (χ0v) is 47.7. The van der Waals surface area contributed by atoms with E-state index in [1.54, 1.807) is 0 Å². The maximum absolute atomic E-state index is 14.6. The maximum atomic E-state index is 14.6. The molecule has 20 heteroatoms. The normalized spacial score (nSPS) is 60.2. The van der Waals surface area contributed by atoms with Gasteiger partial charge in [0.15, 0.2) is 17.4 Å². The molecular formula is C61H88O20. The molecule has 17 rings (SSSR count). The molecule has 17 heterocycles. The molecule has 0 amide bonds. The Kier molecular flexibility index (Phi) is 13.5. The molecule has 17 aliphatic rings. The van der Waals surface area contributed by atoms with Crippen LogP contribution in [0, 0.1) is 29.6 Å². The molecule has 0 aromatic rings. The fourth-order valence-electron chi connectivity index (χ4n) is 19.2. The molecule has 20 unspecified atom stereocenters. The second kappa shape index (κ2) is 20.0. The Hall–Kier alpha value is -1.51. The number of hydrogen-bond donors (Lipinski definition) is 3. The highest BCUT2D eigenvalue weighted by Gasteiger charge is 2.75. The van der Waals surface area contributed by atoms with Gasteiger partial charge in [0.1, 0.15) is 42.7 Å². The van der Waals surface area contributed by atoms with Crippen LogP contribution in [0.2, 0.25) is 0 Å². The Balaban J connectivity index is 0.630. The van der Waals surface area contributed by atoms with E-state index in [0.717, 1.165) is 37.7 Å². The lowest BCUT2D eigenvalue weighted by Gasteiger charge is -2.54. The predicted octanol–water partition coefficient (Wildman–Crippen LogP) is 4.73. The Morgan fingerprint density at radius 3 is 2.04 bits per heavy atom. The molecule has 17 aliphatic heterocycles. The second-order valence-corrected chi connectivity index (χ2v) is 28.7. The van der Waals surface area contributed by atoms with Gasteiger partial charge in [0.25, 0.3) is 0 Å². The van der Waals surface area contributed by atoms with Gasteiger partial charge in [-0.1, -0.05) is 41.2 Å². The highest BCUT2D eigenvalue weighted by molar-refractivity contribution is 5.70. The topological polar surface area (TPSA) is 225 Å². The quantitative estimate of drug-likeness (QED) is 0.251. The molecule has 3 N–H and O–H groups in total. The molecule has 3 spiro atoms. The molecule has 0 aromatic carbocycles. The van der Waals surface area contributed by atoms with E-state index in [9.17, 15) is 20.1 Å². The van der Waals surface area contributed by atoms with Gasteiger partial charge in [0.05, 0.1) is 129 Å². The van der Waals surface area contributed by atoms with Crippen LogP contribution in [0.5, 0.6) is 0 Å². The zero-order chi connectivity index (χ0) is 55.2. The van der Waals surface area contributed by atoms with Crippen molar-refractivity contribution >= 4 is 5.97 Å². The molecular weight excluding hydrogens is 1050 g/mol. The molecule has 0 aromatic heterocycles. The van der Waals surface area contributed by atoms with Crippen LogP contribution < -0.4 is 0 Å². The molecule has 20 nitrogen and oxygen atoms in total. The van der Waals surface area contributed by atoms with Crippen LogP contribution in [-0.2, 0) is 80.6 Å². The third-order valence-electron chi connectivity index (χ3n) is 23.0. The van der Waals surface area contributed by atoms with E-state index in [1.807, 2.05) is 0 Å². The van der Waals surface area contributed by atoms with Crippen LogP contribution in [-0.4, -0.2) is 204 Å². The number of esters is 1. The average Bonchev–Trinajstić information content (AvgIpc) is 4.14. The first-order chi connectivity index (χ1) is 38.9. The summed E-state index contributed by atoms with van der Waals surface area (Å²) >= 11 is 0. The van der Waals surface area contributed by atoms with Crippen molar-refractivity contribution in [1.29, 1.82) is 0 Å². The fraction of sp³-hybridized carbons (Fsp3) is 0.951. The average molecular weight is 1140 g/mol. The number of carbonyl (C=O) groups is 1. The first-order valence-corrected chi connectivity index (χ1v) is 31.8. The molecule has 34 atom stereocenters. The largest absolute Gasteiger partial charge is 0.459 e. The summed E-state index contributed by atoms with van der Waals surface area (Å²) in [6, 6.07) is 0. The summed E-state index contributed by atoms with van der Waals surface area (Å²) in [4.78, 5) is 14.6. The Labute approximate surface area is 474 Å². The number of ether oxygens (including phenoxy) is 16. The summed E-state index contributed by atoms with van der Waals surface area (Å²) in [6.07, 6.45) is 2.02. The van der Waals surface area contributed by atoms with Crippen LogP contribution in [0.3, 0.4) is 0 Å². The van der Waals surface area contributed by atoms with E-state index in [2.05, 4.69) is 41.2 Å². The van der Waals surface area contributed by atoms with Crippen molar-refractivity contribution in [1.82, 2.24) is 0 Å². The number of rotatable bonds is 2. The Bertz CT molecular complexity index is 2420. The number of aliphatic hydroxyl groups is 3. The predicted molar refractivity (Wildman–Crippen MR) is 278 cm³/mol. The monoisotopic (exact) mass is 1140 g/mol. The highest BCUT2D eigenvalue weighted by atomic mass is 16.8. The van der Waals surface area contributed by atoms with Gasteiger partial charge in [0, 0.05) is 63.7 Å². The van der Waals surface area contributed by atoms with Crippen LogP contribution in [0.4, 0.5) is 0 Å². The number of aliphatic hydroxyl groups excluding tert-OH is 2. The van der Waals surface area contributed by atoms with Gasteiger partial charge in [0.2, 0.25) is 5.79 Å². The molecule has 17 fully saturated rings. The molecule has 0 aliphatic carbocycles. The minimum atomic E-state index is -1.53. The SMILES string of the molecule is C=C1C2C[C@@H]3O[C@H]4C[C@H]5O[C@@]6(CC7O[C@]8(C[C@H](C)C9OC%10CC(C(O)CO)OC%10CC9O8)C[C@H](C)C7O6)C[C@H]5O[C@H]4[C@H](C)C3OC(=O)CC3CCC4OC5C6OC7(O)C[C@](CCC8CC(C)C(CCC(C[C@H]1C)O2)O8)(OC6[C@H]4O3)O[C@@H]57. The van der Waals surface area contributed by atoms with Crippen molar-refractivity contribution in [3.8, 4) is 0 Å². The van der Waals surface area contributed by atoms with Gasteiger partial charge < -0.3 is 91.1 Å². The number of hydrogen-bond acceptors (Lipinski definition) is 20. The van der Waals surface area contributed by atoms with Crippen LogP contribution in [0.1, 0.15) is 150 Å². The van der Waals surface area contributed by atoms with Gasteiger partial charge in [-0.05, 0) is 74.2 Å². The summed E-state index contributed by atoms with van der Waals surface area (Å²) in [7, 11) is 0. The summed E-state index contributed by atoms with van der Waals surface area (Å²) in [6.45, 7) is 15.4. The highest BCUT2D eigenvalue weighted by Crippen LogP contribution is 2.60. The minimum absolute atomic E-state index is 0.00465. The first kappa shape index (κ1) is 54.8. The zero-order valence-electron chi connectivity index (χ0n) is 47.7. The van der Waals surface area contributed by atoms with Gasteiger partial charge >= 0.3 is 5.97 Å². The molecule has 12 bridgehead atoms. The molecule has 81 heavy (non-hydrogen) atoms. The number of carbonyl (C=O) groups excluding carboxylic acids is 1. The summed E-state index contributed by atoms with van der Waals surface area (Å²) < 4.78 is 110. The third kappa shape index (κ3) is 9.19. The van der Waals surface area contributed by atoms with Crippen molar-refractivity contribution in [2.75, 3.05) is 6.61 Å². The van der Waals surface area contributed by atoms with Crippen molar-refractivity contribution < 1.29 is 95.9 Å². The standard InChI is InChI=1S/C61H88O20/c1-26-13-32-7-9-36-27(2)14-34(66-36)11-12-58-25-61(65)57(81-58)56-55(80-61)54(79-58)53-37(71-56)10-8-33(68-53)15-48(64)74-52-31(6)51-44(70-43(52)16-38(67-32)30(26)5)19-42-46(73-51)22-60(75-42)23-47-50(78-60)29(4)21-59(77-47)20-28(3)49-45(76-59)18-40-41(72-49)17-39(69-40)35(63)24-62/h26-29,31-47,49-57,62-63,65H,5,7-25H2,1-4,6H3/t26-,27?,28+,29+,31+,32?,33?,34?,35?,36?,37?,38?,39?,40?,41?,42-,43+,44+,45?,46-,47?,49?,50?,51+,52?,53+,54?,55?,56?,57+,58-,59-,60+,61?/m1/s1. The Morgan fingerprint density at radius 2 is 1.19 bits per heavy atom. The third-order valence-corrected chi connectivity index (χ3v) is 23.0. The van der Waals surface area contributed by atoms with Crippen LogP contribution in [0.25, 0.3) is 0 Å². The molecule has 0 saturated carbocycles. The second-order valence-electron chi connectivity index (χ2n) is 28.7. The summed E-state index contributed by atoms with van der Waals surface area (Å²) in [5.74, 6) is -4.10. The lowest BCUT2D eigenvalue weighted by Crippen LogP contribution is -2.62. The van der Waals surface area contributed by atoms with Gasteiger partial charge in [-0.25, -0.2) is 0 Å². The fourth-order valence-corrected chi connectivity index (χ4v) is 19.2. The first-order valence-electron chi connectivity index (χ1n) is 31.8. The molecule has 0 radical (unpaired) electrons. The summed E-state index contributed by atoms with van der Waals surface area (Å²) in [5.41, 5.74) is 1.03. The van der Waals surface area contributed by atoms with Gasteiger partial charge in [-0.15, -0.1) is 0 Å². The van der Waals surface area contributed by atoms with E-state index < -0.39 is 84.2 Å². The van der Waals surface area contributed by atoms with Crippen molar-refractivity contribution in [3.63, 3.8) is 0 Å². The van der Waals surface area contributed by atoms with Crippen molar-refractivity contribution in [2.45, 2.75) is 326 Å². The van der Waals surface area contributed by atoms with Gasteiger partial charge in [-0.2, -0.15) is 0 Å². The molecule has 452 valence electrons. The lowest BCUT2D eigenvalue weighted by atomic mass is 9.78. The van der Waals surface area contributed by atoms with Gasteiger partial charge in [-0.3, -0.25) is 4.79 Å². The molecule has 17 saturated heterocycles. The van der Waals surface area contributed by atoms with Crippen LogP contribution >= 0.6 is 0 Å². The van der Waals surface area contributed by atoms with E-state index in [-0.39, 0.29) is 141 Å². The lowest BCUT2D eigenvalue weighted by molar-refractivity contribution is -0.369. The Morgan fingerprint density at radius 1 is 0.506 bits per heavy atom. The maximum Gasteiger partial charge on any atom is 0.308 e. The smallest absolute Gasteiger partial charge is 0.308 e. The number of fused-ring (bicyclic) bond motifs is 11. The summed E-state index contributed by atoms with van der Waals surface area (Å²) in [5, 5.41) is 32.0. The minimum Gasteiger partial charge on any atom is -0.459 e. The van der Waals surface area contributed by atoms with E-state index >= 15 is 0 Å².